The van der Waals surface area contributed by atoms with Crippen LogP contribution in [0.1, 0.15) is 71.0 Å². The quantitative estimate of drug-likeness (QED) is 0.464. The van der Waals surface area contributed by atoms with Gasteiger partial charge in [0.05, 0.1) is 5.52 Å². The fraction of sp³-hybridized carbons (Fsp3) is 0.600. The Kier molecular flexibility index (Phi) is 10.0. The highest BCUT2D eigenvalue weighted by atomic mass is 16.2. The number of amides is 1. The lowest BCUT2D eigenvalue weighted by atomic mass is 9.79. The number of benzene rings is 1. The third kappa shape index (κ3) is 7.62. The molecule has 4 rings (SSSR count). The van der Waals surface area contributed by atoms with Crippen LogP contribution in [0.25, 0.3) is 10.9 Å². The first-order valence-electron chi connectivity index (χ1n) is 13.5. The minimum Gasteiger partial charge on any atom is -0.362 e. The maximum atomic E-state index is 12.5. The first-order valence-corrected chi connectivity index (χ1v) is 13.5. The van der Waals surface area contributed by atoms with Crippen LogP contribution in [0.2, 0.25) is 0 Å². The average molecular weight is 493 g/mol. The number of carbonyl (C=O) groups is 2. The molecule has 0 unspecified atom stereocenters. The van der Waals surface area contributed by atoms with Gasteiger partial charge in [0.15, 0.2) is 5.78 Å². The van der Waals surface area contributed by atoms with Gasteiger partial charge in [-0.1, -0.05) is 51.3 Å². The number of aryl methyl sites for hydroxylation is 1. The molecule has 2 heterocycles. The monoisotopic (exact) mass is 492 g/mol. The van der Waals surface area contributed by atoms with E-state index in [1.165, 1.54) is 25.7 Å². The molecule has 1 aliphatic heterocycles. The van der Waals surface area contributed by atoms with E-state index in [0.29, 0.717) is 0 Å². The van der Waals surface area contributed by atoms with Gasteiger partial charge >= 0.3 is 0 Å². The third-order valence-electron chi connectivity index (χ3n) is 7.77. The molecule has 0 N–H and O–H groups in total. The molecule has 1 aliphatic carbocycles. The summed E-state index contributed by atoms with van der Waals surface area (Å²) in [6.45, 7) is 11.4. The van der Waals surface area contributed by atoms with Gasteiger partial charge in [-0.25, -0.2) is 9.97 Å². The first-order chi connectivity index (χ1) is 17.2. The van der Waals surface area contributed by atoms with Gasteiger partial charge in [-0.3, -0.25) is 9.59 Å². The van der Waals surface area contributed by atoms with Gasteiger partial charge in [-0.2, -0.15) is 0 Å². The topological polar surface area (TPSA) is 66.4 Å². The fourth-order valence-electron chi connectivity index (χ4n) is 5.38. The molecule has 6 heteroatoms. The van der Waals surface area contributed by atoms with E-state index in [1.54, 1.807) is 6.92 Å². The largest absolute Gasteiger partial charge is 0.362 e. The minimum absolute atomic E-state index is 0.0921. The van der Waals surface area contributed by atoms with Crippen molar-refractivity contribution in [2.45, 2.75) is 72.1 Å². The number of aromatic nitrogens is 2. The number of rotatable bonds is 6. The highest BCUT2D eigenvalue weighted by Gasteiger charge is 2.27. The molecule has 0 radical (unpaired) electrons. The normalized spacial score (nSPS) is 20.4. The lowest BCUT2D eigenvalue weighted by Crippen LogP contribution is -2.39. The molecule has 2 aliphatic rings. The summed E-state index contributed by atoms with van der Waals surface area (Å²) in [5.41, 5.74) is 1.82. The van der Waals surface area contributed by atoms with Crippen LogP contribution < -0.4 is 4.90 Å². The van der Waals surface area contributed by atoms with Crippen LogP contribution in [0.3, 0.4) is 0 Å². The van der Waals surface area contributed by atoms with Crippen molar-refractivity contribution in [1.82, 2.24) is 14.9 Å². The van der Waals surface area contributed by atoms with Crippen molar-refractivity contribution >= 4 is 28.4 Å². The molecule has 2 fully saturated rings. The molecule has 0 spiro atoms. The van der Waals surface area contributed by atoms with E-state index in [0.717, 1.165) is 78.7 Å². The molecule has 0 bridgehead atoms. The molecule has 0 atom stereocenters. The number of para-hydroxylation sites is 1. The van der Waals surface area contributed by atoms with Gasteiger partial charge in [0.2, 0.25) is 5.91 Å². The summed E-state index contributed by atoms with van der Waals surface area (Å²) in [6.07, 6.45) is 8.92. The second-order valence-electron chi connectivity index (χ2n) is 10.9. The Hall–Kier alpha value is -2.76. The highest BCUT2D eigenvalue weighted by Crippen LogP contribution is 2.32. The summed E-state index contributed by atoms with van der Waals surface area (Å²) in [5.74, 6) is 3.94. The number of carbonyl (C=O) groups excluding carboxylic acids is 2. The lowest BCUT2D eigenvalue weighted by molar-refractivity contribution is -0.132. The number of allylic oxidation sites excluding steroid dienone is 1. The molecule has 36 heavy (non-hydrogen) atoms. The van der Waals surface area contributed by atoms with Crippen molar-refractivity contribution in [1.29, 1.82) is 0 Å². The standard InChI is InChI=1S/C19H31NO2.C11H13N3/c1-14-4-7-17(8-5-14)9-6-15(2)19(22)18-10-12-20(13-11-18)16(3)21;1-8-12-10-7-5-4-6-9(10)11(13-8)14(2)3/h14,17-18H,2,4-13H2,1,3H3;4-7H,1-3H3. The molecular formula is C30H44N4O2. The van der Waals surface area contributed by atoms with Crippen molar-refractivity contribution in [2.75, 3.05) is 32.1 Å². The molecule has 1 aromatic heterocycles. The molecule has 1 amide bonds. The fourth-order valence-corrected chi connectivity index (χ4v) is 5.38. The number of ketones is 1. The van der Waals surface area contributed by atoms with Crippen LogP contribution in [0.4, 0.5) is 5.82 Å². The zero-order valence-electron chi connectivity index (χ0n) is 22.9. The molecule has 2 aromatic rings. The van der Waals surface area contributed by atoms with Crippen molar-refractivity contribution in [3.05, 3.63) is 42.2 Å². The van der Waals surface area contributed by atoms with Gasteiger partial charge in [0.25, 0.3) is 0 Å². The number of hydrogen-bond donors (Lipinski definition) is 0. The summed E-state index contributed by atoms with van der Waals surface area (Å²) in [7, 11) is 3.99. The summed E-state index contributed by atoms with van der Waals surface area (Å²) in [4.78, 5) is 36.5. The predicted molar refractivity (Wildman–Crippen MR) is 148 cm³/mol. The third-order valence-corrected chi connectivity index (χ3v) is 7.77. The van der Waals surface area contributed by atoms with Crippen LogP contribution in [0.15, 0.2) is 36.4 Å². The molecule has 1 saturated carbocycles. The van der Waals surface area contributed by atoms with Gasteiger partial charge in [-0.15, -0.1) is 0 Å². The Morgan fingerprint density at radius 2 is 1.67 bits per heavy atom. The van der Waals surface area contributed by atoms with Crippen molar-refractivity contribution in [3.63, 3.8) is 0 Å². The van der Waals surface area contributed by atoms with Crippen molar-refractivity contribution < 1.29 is 9.59 Å². The maximum Gasteiger partial charge on any atom is 0.219 e. The van der Waals surface area contributed by atoms with E-state index in [9.17, 15) is 9.59 Å². The minimum atomic E-state index is 0.0921. The second kappa shape index (κ2) is 13.0. The second-order valence-corrected chi connectivity index (χ2v) is 10.9. The summed E-state index contributed by atoms with van der Waals surface area (Å²) >= 11 is 0. The number of fused-ring (bicyclic) bond motifs is 1. The van der Waals surface area contributed by atoms with Crippen LogP contribution in [0.5, 0.6) is 0 Å². The Labute approximate surface area is 217 Å². The molecule has 6 nitrogen and oxygen atoms in total. The molecular weight excluding hydrogens is 448 g/mol. The summed E-state index contributed by atoms with van der Waals surface area (Å²) < 4.78 is 0. The van der Waals surface area contributed by atoms with Crippen LogP contribution in [0, 0.1) is 24.7 Å². The number of nitrogens with zero attached hydrogens (tertiary/aromatic N) is 4. The number of piperidine rings is 1. The lowest BCUT2D eigenvalue weighted by Gasteiger charge is -2.31. The van der Waals surface area contributed by atoms with Crippen LogP contribution in [-0.4, -0.2) is 53.7 Å². The van der Waals surface area contributed by atoms with Crippen molar-refractivity contribution in [3.8, 4) is 0 Å². The molecule has 196 valence electrons. The zero-order valence-corrected chi connectivity index (χ0v) is 22.9. The number of likely N-dealkylation sites (tertiary alicyclic amines) is 1. The average Bonchev–Trinajstić information content (AvgIpc) is 2.87. The molecule has 1 saturated heterocycles. The van der Waals surface area contributed by atoms with Gasteiger partial charge < -0.3 is 9.80 Å². The Balaban J connectivity index is 0.000000221. The SMILES string of the molecule is C=C(CCC1CCC(C)CC1)C(=O)C1CCN(C(C)=O)CC1.Cc1nc(N(C)C)c2ccccc2n1. The van der Waals surface area contributed by atoms with E-state index in [2.05, 4.69) is 23.5 Å². The smallest absolute Gasteiger partial charge is 0.219 e. The van der Waals surface area contributed by atoms with Crippen LogP contribution >= 0.6 is 0 Å². The van der Waals surface area contributed by atoms with E-state index in [-0.39, 0.29) is 17.6 Å². The summed E-state index contributed by atoms with van der Waals surface area (Å²) in [5, 5.41) is 1.10. The van der Waals surface area contributed by atoms with Gasteiger partial charge in [-0.05, 0) is 62.1 Å². The number of Topliss-reactive ketones (excluding diaryl/α,β-unsaturated/α-hetero) is 1. The number of anilines is 1. The summed E-state index contributed by atoms with van der Waals surface area (Å²) in [6, 6.07) is 8.06. The zero-order chi connectivity index (χ0) is 26.2. The highest BCUT2D eigenvalue weighted by molar-refractivity contribution is 5.96. The predicted octanol–water partition coefficient (Wildman–Crippen LogP) is 5.98. The molecule has 1 aromatic carbocycles. The Morgan fingerprint density at radius 3 is 2.28 bits per heavy atom. The van der Waals surface area contributed by atoms with Gasteiger partial charge in [0.1, 0.15) is 11.6 Å². The Morgan fingerprint density at radius 1 is 1.03 bits per heavy atom. The van der Waals surface area contributed by atoms with E-state index < -0.39 is 0 Å². The van der Waals surface area contributed by atoms with Crippen LogP contribution in [-0.2, 0) is 9.59 Å². The van der Waals surface area contributed by atoms with E-state index in [1.807, 2.05) is 55.1 Å². The van der Waals surface area contributed by atoms with E-state index >= 15 is 0 Å². The Bertz CT molecular complexity index is 1050. The van der Waals surface area contributed by atoms with Gasteiger partial charge in [0, 0.05) is 45.4 Å². The van der Waals surface area contributed by atoms with E-state index in [4.69, 9.17) is 0 Å². The first kappa shape index (κ1) is 27.8. The number of hydrogen-bond acceptors (Lipinski definition) is 5. The maximum absolute atomic E-state index is 12.5. The van der Waals surface area contributed by atoms with Crippen molar-refractivity contribution in [2.24, 2.45) is 17.8 Å².